The molecule has 27 heavy (non-hydrogen) atoms. The van der Waals surface area contributed by atoms with Gasteiger partial charge in [0.05, 0.1) is 10.7 Å². The molecule has 2 aromatic rings. The van der Waals surface area contributed by atoms with Gasteiger partial charge in [-0.2, -0.15) is 18.3 Å². The van der Waals surface area contributed by atoms with Crippen molar-refractivity contribution in [2.45, 2.75) is 19.6 Å². The van der Waals surface area contributed by atoms with E-state index in [2.05, 4.69) is 5.10 Å². The maximum Gasteiger partial charge on any atom is 0.434 e. The number of amides is 1. The van der Waals surface area contributed by atoms with Crippen LogP contribution in [0.4, 0.5) is 23.2 Å². The van der Waals surface area contributed by atoms with Crippen LogP contribution in [0.15, 0.2) is 24.3 Å². The molecule has 0 unspecified atom stereocenters. The number of aryl methyl sites for hydroxylation is 1. The number of hydrogen-bond donors (Lipinski definition) is 0. The van der Waals surface area contributed by atoms with Gasteiger partial charge in [0.15, 0.2) is 5.69 Å². The molecule has 5 nitrogen and oxygen atoms in total. The molecule has 1 fully saturated rings. The standard InChI is InChI=1S/C17H17ClF4N4O/c1-11-15(18)16(17(20,21)22)26(23-11)10-14(27)25-8-6-24(7-9-25)13-4-2-12(19)3-5-13/h2-5H,6-10H2,1H3. The highest BCUT2D eigenvalue weighted by atomic mass is 35.5. The van der Waals surface area contributed by atoms with Crippen molar-refractivity contribution in [3.8, 4) is 0 Å². The van der Waals surface area contributed by atoms with Crippen molar-refractivity contribution in [3.63, 3.8) is 0 Å². The van der Waals surface area contributed by atoms with Crippen molar-refractivity contribution in [3.05, 3.63) is 46.5 Å². The molecule has 1 aromatic heterocycles. The lowest BCUT2D eigenvalue weighted by Gasteiger charge is -2.36. The second kappa shape index (κ2) is 7.38. The third-order valence-corrected chi connectivity index (χ3v) is 4.88. The molecule has 0 radical (unpaired) electrons. The van der Waals surface area contributed by atoms with Crippen LogP contribution in [0.2, 0.25) is 5.02 Å². The van der Waals surface area contributed by atoms with Crippen LogP contribution in [-0.4, -0.2) is 46.8 Å². The van der Waals surface area contributed by atoms with Crippen LogP contribution in [0.25, 0.3) is 0 Å². The van der Waals surface area contributed by atoms with Crippen LogP contribution in [0.3, 0.4) is 0 Å². The summed E-state index contributed by atoms with van der Waals surface area (Å²) in [5.74, 6) is -0.792. The Morgan fingerprint density at radius 2 is 1.74 bits per heavy atom. The molecule has 10 heteroatoms. The number of carbonyl (C=O) groups excluding carboxylic acids is 1. The average Bonchev–Trinajstić information content (AvgIpc) is 2.89. The fourth-order valence-electron chi connectivity index (χ4n) is 3.04. The quantitative estimate of drug-likeness (QED) is 0.737. The lowest BCUT2D eigenvalue weighted by atomic mass is 10.2. The van der Waals surface area contributed by atoms with Gasteiger partial charge in [-0.05, 0) is 31.2 Å². The van der Waals surface area contributed by atoms with Gasteiger partial charge in [0.2, 0.25) is 5.91 Å². The molecule has 146 valence electrons. The molecule has 1 aliphatic heterocycles. The zero-order chi connectivity index (χ0) is 19.8. The zero-order valence-corrected chi connectivity index (χ0v) is 15.2. The largest absolute Gasteiger partial charge is 0.434 e. The summed E-state index contributed by atoms with van der Waals surface area (Å²) in [7, 11) is 0. The molecule has 1 aliphatic rings. The number of benzene rings is 1. The number of halogens is 5. The van der Waals surface area contributed by atoms with Gasteiger partial charge in [-0.25, -0.2) is 9.07 Å². The van der Waals surface area contributed by atoms with E-state index in [0.29, 0.717) is 30.9 Å². The molecule has 0 bridgehead atoms. The first kappa shape index (κ1) is 19.5. The normalized spacial score (nSPS) is 15.3. The number of carbonyl (C=O) groups is 1. The highest BCUT2D eigenvalue weighted by Crippen LogP contribution is 2.36. The number of nitrogens with zero attached hydrogens (tertiary/aromatic N) is 4. The summed E-state index contributed by atoms with van der Waals surface area (Å²) in [6.07, 6.45) is -4.69. The second-order valence-corrected chi connectivity index (χ2v) is 6.63. The van der Waals surface area contributed by atoms with E-state index in [9.17, 15) is 22.4 Å². The molecule has 0 N–H and O–H groups in total. The Morgan fingerprint density at radius 3 is 2.30 bits per heavy atom. The average molecular weight is 405 g/mol. The Balaban J connectivity index is 1.65. The predicted molar refractivity (Wildman–Crippen MR) is 92.2 cm³/mol. The first-order valence-corrected chi connectivity index (χ1v) is 8.63. The van der Waals surface area contributed by atoms with Crippen molar-refractivity contribution >= 4 is 23.2 Å². The van der Waals surface area contributed by atoms with E-state index in [1.54, 1.807) is 12.1 Å². The Kier molecular flexibility index (Phi) is 5.32. The summed E-state index contributed by atoms with van der Waals surface area (Å²) < 4.78 is 53.2. The molecule has 1 amide bonds. The summed E-state index contributed by atoms with van der Waals surface area (Å²) in [6, 6.07) is 6.01. The molecule has 0 saturated carbocycles. The minimum absolute atomic E-state index is 0.0259. The zero-order valence-electron chi connectivity index (χ0n) is 14.4. The van der Waals surface area contributed by atoms with E-state index >= 15 is 0 Å². The molecule has 2 heterocycles. The number of alkyl halides is 3. The van der Waals surface area contributed by atoms with Gasteiger partial charge in [-0.15, -0.1) is 0 Å². The molecule has 0 spiro atoms. The van der Waals surface area contributed by atoms with Crippen LogP contribution < -0.4 is 4.90 Å². The summed E-state index contributed by atoms with van der Waals surface area (Å²) in [4.78, 5) is 15.9. The van der Waals surface area contributed by atoms with Gasteiger partial charge in [-0.1, -0.05) is 11.6 Å². The number of hydrogen-bond acceptors (Lipinski definition) is 3. The fraction of sp³-hybridized carbons (Fsp3) is 0.412. The second-order valence-electron chi connectivity index (χ2n) is 6.25. The summed E-state index contributed by atoms with van der Waals surface area (Å²) >= 11 is 5.70. The predicted octanol–water partition coefficient (Wildman–Crippen LogP) is 3.35. The maximum absolute atomic E-state index is 13.2. The Morgan fingerprint density at radius 1 is 1.15 bits per heavy atom. The van der Waals surface area contributed by atoms with E-state index in [1.165, 1.54) is 24.0 Å². The van der Waals surface area contributed by atoms with Gasteiger partial charge >= 0.3 is 6.18 Å². The smallest absolute Gasteiger partial charge is 0.368 e. The molecule has 3 rings (SSSR count). The highest BCUT2D eigenvalue weighted by Gasteiger charge is 2.39. The third kappa shape index (κ3) is 4.18. The van der Waals surface area contributed by atoms with E-state index in [1.807, 2.05) is 4.90 Å². The lowest BCUT2D eigenvalue weighted by molar-refractivity contribution is -0.145. The number of anilines is 1. The molecule has 0 atom stereocenters. The molecule has 1 saturated heterocycles. The molecular formula is C17H17ClF4N4O. The summed E-state index contributed by atoms with van der Waals surface area (Å²) in [5.41, 5.74) is -0.254. The summed E-state index contributed by atoms with van der Waals surface area (Å²) in [5, 5.41) is 3.26. The first-order valence-electron chi connectivity index (χ1n) is 8.25. The third-order valence-electron chi connectivity index (χ3n) is 4.43. The monoisotopic (exact) mass is 404 g/mol. The van der Waals surface area contributed by atoms with Crippen LogP contribution >= 0.6 is 11.6 Å². The summed E-state index contributed by atoms with van der Waals surface area (Å²) in [6.45, 7) is 2.54. The highest BCUT2D eigenvalue weighted by molar-refractivity contribution is 6.32. The molecule has 1 aromatic carbocycles. The minimum Gasteiger partial charge on any atom is -0.368 e. The van der Waals surface area contributed by atoms with Gasteiger partial charge in [0.1, 0.15) is 12.4 Å². The maximum atomic E-state index is 13.2. The topological polar surface area (TPSA) is 41.4 Å². The van der Waals surface area contributed by atoms with Gasteiger partial charge in [-0.3, -0.25) is 4.79 Å². The van der Waals surface area contributed by atoms with E-state index in [4.69, 9.17) is 11.6 Å². The first-order chi connectivity index (χ1) is 12.7. The van der Waals surface area contributed by atoms with Gasteiger partial charge in [0.25, 0.3) is 0 Å². The van der Waals surface area contributed by atoms with E-state index < -0.39 is 29.3 Å². The van der Waals surface area contributed by atoms with Crippen LogP contribution in [-0.2, 0) is 17.5 Å². The van der Waals surface area contributed by atoms with Gasteiger partial charge < -0.3 is 9.80 Å². The number of piperazine rings is 1. The van der Waals surface area contributed by atoms with Crippen molar-refractivity contribution in [1.29, 1.82) is 0 Å². The Bertz CT molecular complexity index is 827. The van der Waals surface area contributed by atoms with Crippen LogP contribution in [0, 0.1) is 12.7 Å². The van der Waals surface area contributed by atoms with Crippen LogP contribution in [0.1, 0.15) is 11.4 Å². The SMILES string of the molecule is Cc1nn(CC(=O)N2CCN(c3ccc(F)cc3)CC2)c(C(F)(F)F)c1Cl. The van der Waals surface area contributed by atoms with E-state index in [0.717, 1.165) is 5.69 Å². The van der Waals surface area contributed by atoms with Crippen molar-refractivity contribution in [2.24, 2.45) is 0 Å². The van der Waals surface area contributed by atoms with Gasteiger partial charge in [0, 0.05) is 31.9 Å². The van der Waals surface area contributed by atoms with Crippen molar-refractivity contribution in [1.82, 2.24) is 14.7 Å². The lowest BCUT2D eigenvalue weighted by Crippen LogP contribution is -2.49. The Hall–Kier alpha value is -2.29. The number of rotatable bonds is 3. The van der Waals surface area contributed by atoms with Crippen molar-refractivity contribution < 1.29 is 22.4 Å². The fourth-order valence-corrected chi connectivity index (χ4v) is 3.28. The minimum atomic E-state index is -4.69. The number of aromatic nitrogens is 2. The van der Waals surface area contributed by atoms with Crippen molar-refractivity contribution in [2.75, 3.05) is 31.1 Å². The van der Waals surface area contributed by atoms with E-state index in [-0.39, 0.29) is 11.5 Å². The molecular weight excluding hydrogens is 388 g/mol. The Labute approximate surface area is 158 Å². The van der Waals surface area contributed by atoms with Crippen LogP contribution in [0.5, 0.6) is 0 Å². The molecule has 0 aliphatic carbocycles.